The van der Waals surface area contributed by atoms with Crippen molar-refractivity contribution in [3.63, 3.8) is 0 Å². The summed E-state index contributed by atoms with van der Waals surface area (Å²) in [7, 11) is 0. The highest BCUT2D eigenvalue weighted by Gasteiger charge is 2.38. The second kappa shape index (κ2) is 5.31. The average molecular weight is 324 g/mol. The molecule has 3 aliphatic rings. The number of hydrogen-bond donors (Lipinski definition) is 1. The number of likely N-dealkylation sites (tertiary alicyclic amines) is 1. The summed E-state index contributed by atoms with van der Waals surface area (Å²) >= 11 is 0. The number of rotatable bonds is 3. The van der Waals surface area contributed by atoms with Crippen LogP contribution in [0.15, 0.2) is 18.2 Å². The van der Waals surface area contributed by atoms with Crippen molar-refractivity contribution in [1.82, 2.24) is 19.8 Å². The number of fused-ring (bicyclic) bond motifs is 3. The highest BCUT2D eigenvalue weighted by molar-refractivity contribution is 5.97. The van der Waals surface area contributed by atoms with E-state index >= 15 is 0 Å². The van der Waals surface area contributed by atoms with Gasteiger partial charge in [0.2, 0.25) is 0 Å². The highest BCUT2D eigenvalue weighted by Crippen LogP contribution is 2.32. The largest absolute Gasteiger partial charge is 0.348 e. The molecule has 1 aromatic heterocycles. The number of hydrogen-bond acceptors (Lipinski definition) is 3. The number of carbonyl (C=O) groups is 1. The fourth-order valence-corrected chi connectivity index (χ4v) is 4.33. The Kier molecular flexibility index (Phi) is 3.20. The molecule has 2 fully saturated rings. The molecule has 126 valence electrons. The van der Waals surface area contributed by atoms with Crippen LogP contribution in [0.25, 0.3) is 11.0 Å². The van der Waals surface area contributed by atoms with E-state index < -0.39 is 0 Å². The van der Waals surface area contributed by atoms with E-state index in [1.54, 1.807) is 0 Å². The molecule has 0 unspecified atom stereocenters. The van der Waals surface area contributed by atoms with Crippen LogP contribution < -0.4 is 5.32 Å². The maximum absolute atomic E-state index is 12.7. The Hall–Kier alpha value is -1.88. The quantitative estimate of drug-likeness (QED) is 0.942. The third-order valence-electron chi connectivity index (χ3n) is 5.89. The van der Waals surface area contributed by atoms with Gasteiger partial charge in [0, 0.05) is 43.7 Å². The number of nitrogens with zero attached hydrogens (tertiary/aromatic N) is 3. The molecule has 5 nitrogen and oxygen atoms in total. The van der Waals surface area contributed by atoms with E-state index in [1.165, 1.54) is 12.8 Å². The summed E-state index contributed by atoms with van der Waals surface area (Å²) < 4.78 is 2.26. The summed E-state index contributed by atoms with van der Waals surface area (Å²) in [6, 6.07) is 6.97. The molecule has 2 aromatic rings. The van der Waals surface area contributed by atoms with Crippen molar-refractivity contribution < 1.29 is 4.79 Å². The highest BCUT2D eigenvalue weighted by atomic mass is 16.1. The van der Waals surface area contributed by atoms with Gasteiger partial charge in [-0.1, -0.05) is 6.92 Å². The van der Waals surface area contributed by atoms with Gasteiger partial charge in [0.15, 0.2) is 0 Å². The first-order valence-corrected chi connectivity index (χ1v) is 9.23. The topological polar surface area (TPSA) is 50.2 Å². The lowest BCUT2D eigenvalue weighted by molar-refractivity contribution is 0.0931. The van der Waals surface area contributed by atoms with Crippen LogP contribution in [0.1, 0.15) is 42.4 Å². The van der Waals surface area contributed by atoms with Gasteiger partial charge in [0.05, 0.1) is 11.0 Å². The van der Waals surface area contributed by atoms with Crippen molar-refractivity contribution >= 4 is 16.9 Å². The number of amides is 1. The van der Waals surface area contributed by atoms with Gasteiger partial charge in [-0.3, -0.25) is 9.69 Å². The molecule has 1 saturated carbocycles. The smallest absolute Gasteiger partial charge is 0.251 e. The van der Waals surface area contributed by atoms with Crippen molar-refractivity contribution in [2.24, 2.45) is 5.92 Å². The van der Waals surface area contributed by atoms with E-state index in [0.717, 1.165) is 60.9 Å². The molecule has 0 spiro atoms. The van der Waals surface area contributed by atoms with Gasteiger partial charge in [0.1, 0.15) is 5.82 Å². The van der Waals surface area contributed by atoms with Gasteiger partial charge in [-0.15, -0.1) is 0 Å². The Morgan fingerprint density at radius 3 is 3.00 bits per heavy atom. The summed E-state index contributed by atoms with van der Waals surface area (Å²) in [6.07, 6.45) is 4.87. The number of benzene rings is 1. The van der Waals surface area contributed by atoms with Gasteiger partial charge in [-0.2, -0.15) is 0 Å². The fourth-order valence-electron chi connectivity index (χ4n) is 4.33. The summed E-state index contributed by atoms with van der Waals surface area (Å²) in [5.74, 6) is 1.74. The fraction of sp³-hybridized carbons (Fsp3) is 0.579. The van der Waals surface area contributed by atoms with E-state index in [1.807, 2.05) is 18.2 Å². The zero-order chi connectivity index (χ0) is 16.3. The summed E-state index contributed by atoms with van der Waals surface area (Å²) in [6.45, 7) is 5.39. The molecule has 1 aromatic carbocycles. The Morgan fingerprint density at radius 1 is 1.29 bits per heavy atom. The molecule has 1 N–H and O–H groups in total. The molecule has 1 saturated heterocycles. The summed E-state index contributed by atoms with van der Waals surface area (Å²) in [4.78, 5) is 20.0. The minimum atomic E-state index is 0.0555. The van der Waals surface area contributed by atoms with Crippen molar-refractivity contribution in [2.75, 3.05) is 13.1 Å². The molecule has 3 heterocycles. The Labute approximate surface area is 142 Å². The maximum Gasteiger partial charge on any atom is 0.251 e. The third-order valence-corrected chi connectivity index (χ3v) is 5.89. The van der Waals surface area contributed by atoms with Crippen LogP contribution in [0.5, 0.6) is 0 Å². The Bertz CT molecular complexity index is 807. The molecule has 2 atom stereocenters. The first kappa shape index (κ1) is 14.5. The molecule has 5 rings (SSSR count). The van der Waals surface area contributed by atoms with Crippen molar-refractivity contribution in [2.45, 2.75) is 51.2 Å². The minimum absolute atomic E-state index is 0.0555. The van der Waals surface area contributed by atoms with Gasteiger partial charge in [-0.25, -0.2) is 4.98 Å². The first-order chi connectivity index (χ1) is 11.7. The predicted octanol–water partition coefficient (Wildman–Crippen LogP) is 2.20. The second-order valence-electron chi connectivity index (χ2n) is 7.73. The number of aromatic nitrogens is 2. The molecule has 2 aliphatic heterocycles. The number of imidazole rings is 1. The zero-order valence-electron chi connectivity index (χ0n) is 14.2. The first-order valence-electron chi connectivity index (χ1n) is 9.23. The molecule has 0 bridgehead atoms. The van der Waals surface area contributed by atoms with Crippen LogP contribution in [0.4, 0.5) is 0 Å². The van der Waals surface area contributed by atoms with Crippen molar-refractivity contribution in [3.05, 3.63) is 29.6 Å². The normalized spacial score (nSPS) is 26.9. The zero-order valence-corrected chi connectivity index (χ0v) is 14.2. The van der Waals surface area contributed by atoms with Crippen molar-refractivity contribution in [1.29, 1.82) is 0 Å². The van der Waals surface area contributed by atoms with Crippen LogP contribution in [-0.2, 0) is 13.0 Å². The number of nitrogens with one attached hydrogen (secondary N) is 1. The molecular formula is C19H24N4O. The standard InChI is InChI=1S/C19H24N4O/c1-12-10-22(14-5-6-14)11-16(12)21-19(24)13-4-7-15-17(9-13)23-8-2-3-18(23)20-15/h4,7,9,12,14,16H,2-3,5-6,8,10-11H2,1H3,(H,21,24)/t12-,16+/m1/s1. The monoisotopic (exact) mass is 324 g/mol. The van der Waals surface area contributed by atoms with Crippen LogP contribution >= 0.6 is 0 Å². The lowest BCUT2D eigenvalue weighted by Crippen LogP contribution is -2.40. The lowest BCUT2D eigenvalue weighted by atomic mass is 10.1. The maximum atomic E-state index is 12.7. The number of aryl methyl sites for hydroxylation is 2. The SMILES string of the molecule is C[C@@H]1CN(C2CC2)C[C@@H]1NC(=O)c1ccc2nc3n(c2c1)CCC3. The molecule has 1 amide bonds. The lowest BCUT2D eigenvalue weighted by Gasteiger charge is -2.17. The van der Waals surface area contributed by atoms with Crippen LogP contribution in [0, 0.1) is 5.92 Å². The van der Waals surface area contributed by atoms with E-state index in [0.29, 0.717) is 5.92 Å². The summed E-state index contributed by atoms with van der Waals surface area (Å²) in [5.41, 5.74) is 2.87. The predicted molar refractivity (Wildman–Crippen MR) is 93.1 cm³/mol. The second-order valence-corrected chi connectivity index (χ2v) is 7.73. The van der Waals surface area contributed by atoms with E-state index in [9.17, 15) is 4.79 Å². The molecule has 1 aliphatic carbocycles. The van der Waals surface area contributed by atoms with E-state index in [2.05, 4.69) is 26.7 Å². The van der Waals surface area contributed by atoms with Gasteiger partial charge >= 0.3 is 0 Å². The van der Waals surface area contributed by atoms with Crippen LogP contribution in [0.3, 0.4) is 0 Å². The van der Waals surface area contributed by atoms with Crippen molar-refractivity contribution in [3.8, 4) is 0 Å². The molecule has 5 heteroatoms. The van der Waals surface area contributed by atoms with Gasteiger partial charge in [-0.05, 0) is 43.4 Å². The average Bonchev–Trinajstić information content (AvgIpc) is 3.07. The summed E-state index contributed by atoms with van der Waals surface area (Å²) in [5, 5.41) is 3.27. The molecule has 0 radical (unpaired) electrons. The third kappa shape index (κ3) is 2.34. The Balaban J connectivity index is 1.36. The van der Waals surface area contributed by atoms with Gasteiger partial charge < -0.3 is 9.88 Å². The Morgan fingerprint density at radius 2 is 2.17 bits per heavy atom. The number of carbonyl (C=O) groups excluding carboxylic acids is 1. The molecule has 24 heavy (non-hydrogen) atoms. The molecular weight excluding hydrogens is 300 g/mol. The van der Waals surface area contributed by atoms with E-state index in [4.69, 9.17) is 0 Å². The van der Waals surface area contributed by atoms with Gasteiger partial charge in [0.25, 0.3) is 5.91 Å². The van der Waals surface area contributed by atoms with Crippen LogP contribution in [-0.4, -0.2) is 45.5 Å². The van der Waals surface area contributed by atoms with Crippen LogP contribution in [0.2, 0.25) is 0 Å². The van der Waals surface area contributed by atoms with E-state index in [-0.39, 0.29) is 11.9 Å². The minimum Gasteiger partial charge on any atom is -0.348 e.